The van der Waals surface area contributed by atoms with Crippen molar-refractivity contribution in [3.05, 3.63) is 60.5 Å². The van der Waals surface area contributed by atoms with Gasteiger partial charge in [0.05, 0.1) is 27.1 Å². The van der Waals surface area contributed by atoms with Crippen LogP contribution in [0.3, 0.4) is 0 Å². The van der Waals surface area contributed by atoms with Crippen molar-refractivity contribution in [3.8, 4) is 5.75 Å². The van der Waals surface area contributed by atoms with Gasteiger partial charge in [-0.25, -0.2) is 9.59 Å². The van der Waals surface area contributed by atoms with Gasteiger partial charge in [-0.1, -0.05) is 76.2 Å². The van der Waals surface area contributed by atoms with Crippen molar-refractivity contribution in [1.29, 1.82) is 0 Å². The fraction of sp³-hybridized carbons (Fsp3) is 0.304. The molecule has 2 aromatic rings. The Labute approximate surface area is 240 Å². The van der Waals surface area contributed by atoms with E-state index in [-0.39, 0.29) is 42.8 Å². The van der Waals surface area contributed by atoms with E-state index in [2.05, 4.69) is 5.32 Å². The molecule has 0 saturated carbocycles. The maximum absolute atomic E-state index is 13.0. The van der Waals surface area contributed by atoms with Gasteiger partial charge in [-0.05, 0) is 25.5 Å². The summed E-state index contributed by atoms with van der Waals surface area (Å²) in [6, 6.07) is 4.31. The largest absolute Gasteiger partial charge is 0.480 e. The molecule has 2 unspecified atom stereocenters. The van der Waals surface area contributed by atoms with Gasteiger partial charge < -0.3 is 20.1 Å². The molecule has 8 nitrogen and oxygen atoms in total. The molecule has 0 spiro atoms. The first kappa shape index (κ1) is 28.1. The third-order valence-corrected chi connectivity index (χ3v) is 9.76. The predicted octanol–water partition coefficient (Wildman–Crippen LogP) is 5.35. The lowest BCUT2D eigenvalue weighted by atomic mass is 9.96. The molecule has 2 fully saturated rings. The number of hydrogen-bond acceptors (Lipinski definition) is 6. The van der Waals surface area contributed by atoms with E-state index in [0.29, 0.717) is 5.56 Å². The Hall–Kier alpha value is -1.88. The van der Waals surface area contributed by atoms with Gasteiger partial charge in [0.2, 0.25) is 11.8 Å². The minimum Gasteiger partial charge on any atom is -0.480 e. The lowest BCUT2D eigenvalue weighted by Gasteiger charge is -2.43. The number of carbonyl (C=O) groups is 4. The maximum atomic E-state index is 13.0. The highest BCUT2D eigenvalue weighted by atomic mass is 35.5. The van der Waals surface area contributed by atoms with Crippen LogP contribution in [0, 0.1) is 0 Å². The number of β-lactam (4-membered cyclic amide) rings is 1. The van der Waals surface area contributed by atoms with Crippen molar-refractivity contribution in [2.75, 3.05) is 0 Å². The molecule has 2 N–H and O–H groups in total. The predicted molar refractivity (Wildman–Crippen MR) is 142 cm³/mol. The summed E-state index contributed by atoms with van der Waals surface area (Å²) in [4.78, 5) is 51.4. The molecule has 14 heteroatoms. The van der Waals surface area contributed by atoms with Crippen LogP contribution in [-0.2, 0) is 20.8 Å². The average molecular weight is 627 g/mol. The molecule has 2 heterocycles. The number of nitrogens with one attached hydrogen (secondary N) is 1. The third-order valence-electron chi connectivity index (χ3n) is 5.94. The van der Waals surface area contributed by atoms with E-state index in [1.165, 1.54) is 22.7 Å². The summed E-state index contributed by atoms with van der Waals surface area (Å²) in [5.41, 5.74) is 0.339. The summed E-state index contributed by atoms with van der Waals surface area (Å²) in [6.07, 6.45) is -0.262. The normalized spacial score (nSPS) is 21.8. The molecule has 3 atom stereocenters. The molecule has 2 saturated heterocycles. The highest BCUT2D eigenvalue weighted by Crippen LogP contribution is 2.51. The number of benzene rings is 2. The molecular formula is C23H17Cl5N2O6S. The Bertz CT molecular complexity index is 1320. The molecule has 2 amide bonds. The number of nitrogens with zero attached hydrogens (tertiary/aromatic N) is 1. The molecule has 196 valence electrons. The Morgan fingerprint density at radius 3 is 2.19 bits per heavy atom. The number of ether oxygens (including phenoxy) is 1. The molecule has 0 aromatic heterocycles. The molecule has 37 heavy (non-hydrogen) atoms. The van der Waals surface area contributed by atoms with Crippen LogP contribution in [0.1, 0.15) is 29.8 Å². The number of fused-ring (bicyclic) bond motifs is 1. The van der Waals surface area contributed by atoms with E-state index in [4.69, 9.17) is 62.7 Å². The molecular weight excluding hydrogens is 610 g/mol. The number of hydrogen-bond donors (Lipinski definition) is 2. The van der Waals surface area contributed by atoms with Crippen LogP contribution in [0.4, 0.5) is 0 Å². The van der Waals surface area contributed by atoms with Gasteiger partial charge in [0.25, 0.3) is 0 Å². The Balaban J connectivity index is 1.49. The lowest BCUT2D eigenvalue weighted by molar-refractivity contribution is -0.161. The van der Waals surface area contributed by atoms with Gasteiger partial charge >= 0.3 is 11.9 Å². The van der Waals surface area contributed by atoms with Gasteiger partial charge in [0.1, 0.15) is 27.5 Å². The van der Waals surface area contributed by atoms with E-state index in [1.807, 2.05) is 0 Å². The van der Waals surface area contributed by atoms with E-state index >= 15 is 0 Å². The van der Waals surface area contributed by atoms with Crippen molar-refractivity contribution in [2.24, 2.45) is 0 Å². The van der Waals surface area contributed by atoms with Gasteiger partial charge in [0.15, 0.2) is 5.75 Å². The molecule has 0 aliphatic carbocycles. The first-order chi connectivity index (χ1) is 17.3. The zero-order chi connectivity index (χ0) is 27.4. The number of carboxylic acids is 1. The Kier molecular flexibility index (Phi) is 7.87. The highest BCUT2D eigenvalue weighted by Gasteiger charge is 2.64. The van der Waals surface area contributed by atoms with E-state index < -0.39 is 46.0 Å². The molecule has 2 aromatic carbocycles. The summed E-state index contributed by atoms with van der Waals surface area (Å²) in [5, 5.41) is 10.9. The number of carboxylic acid groups (broad SMARTS) is 1. The lowest BCUT2D eigenvalue weighted by Crippen LogP contribution is -2.70. The smallest absolute Gasteiger partial charge is 0.343 e. The molecule has 2 aliphatic rings. The van der Waals surface area contributed by atoms with Crippen LogP contribution in [0.5, 0.6) is 5.75 Å². The number of rotatable bonds is 6. The first-order valence-electron chi connectivity index (χ1n) is 10.6. The SMILES string of the molecule is CC1(C)S[C@@H]2C(NC(=O)Cc3ccccc3C(=O)Oc3c(Cl)c(Cl)c(Cl)c(Cl)c3Cl)C(=O)N2C1C(=O)O. The molecule has 0 radical (unpaired) electrons. The fourth-order valence-corrected chi connectivity index (χ4v) is 7.06. The summed E-state index contributed by atoms with van der Waals surface area (Å²) < 4.78 is 4.64. The van der Waals surface area contributed by atoms with Gasteiger partial charge in [-0.3, -0.25) is 9.59 Å². The van der Waals surface area contributed by atoms with E-state index in [1.54, 1.807) is 32.0 Å². The van der Waals surface area contributed by atoms with E-state index in [9.17, 15) is 24.3 Å². The number of carbonyl (C=O) groups excluding carboxylic acids is 3. The highest BCUT2D eigenvalue weighted by molar-refractivity contribution is 8.01. The fourth-order valence-electron chi connectivity index (χ4n) is 4.24. The summed E-state index contributed by atoms with van der Waals surface area (Å²) in [5.74, 6) is -3.29. The molecule has 2 aliphatic heterocycles. The van der Waals surface area contributed by atoms with Crippen LogP contribution in [0.2, 0.25) is 25.1 Å². The first-order valence-corrected chi connectivity index (χ1v) is 13.4. The summed E-state index contributed by atoms with van der Waals surface area (Å²) in [7, 11) is 0. The van der Waals surface area contributed by atoms with Crippen molar-refractivity contribution >= 4 is 93.5 Å². The van der Waals surface area contributed by atoms with Gasteiger partial charge in [-0.2, -0.15) is 0 Å². The van der Waals surface area contributed by atoms with Crippen LogP contribution in [-0.4, -0.2) is 56.0 Å². The van der Waals surface area contributed by atoms with Gasteiger partial charge in [0, 0.05) is 4.75 Å². The monoisotopic (exact) mass is 624 g/mol. The standard InChI is InChI=1S/C23H17Cl5N2O6S/c1-23(2)18(21(33)34)30-19(32)16(20(30)37-23)29-10(31)7-8-5-3-4-6-9(8)22(35)36-17-14(27)12(25)11(24)13(26)15(17)28/h3-6,16,18,20H,7H2,1-2H3,(H,29,31)(H,33,34)/t16?,18?,20-/m1/s1. The van der Waals surface area contributed by atoms with Crippen LogP contribution < -0.4 is 10.1 Å². The minimum absolute atomic E-state index is 0.0378. The van der Waals surface area contributed by atoms with Gasteiger partial charge in [-0.15, -0.1) is 11.8 Å². The molecule has 4 rings (SSSR count). The second kappa shape index (κ2) is 10.4. The number of amides is 2. The topological polar surface area (TPSA) is 113 Å². The Morgan fingerprint density at radius 2 is 1.59 bits per heavy atom. The number of thioether (sulfide) groups is 1. The Morgan fingerprint density at radius 1 is 1.03 bits per heavy atom. The summed E-state index contributed by atoms with van der Waals surface area (Å²) >= 11 is 31.6. The zero-order valence-corrected chi connectivity index (χ0v) is 23.6. The zero-order valence-electron chi connectivity index (χ0n) is 19.0. The van der Waals surface area contributed by atoms with Crippen LogP contribution in [0.25, 0.3) is 0 Å². The second-order valence-corrected chi connectivity index (χ2v) is 12.4. The van der Waals surface area contributed by atoms with E-state index in [0.717, 1.165) is 0 Å². The summed E-state index contributed by atoms with van der Waals surface area (Å²) in [6.45, 7) is 3.48. The third kappa shape index (κ3) is 4.97. The van der Waals surface area contributed by atoms with Crippen LogP contribution in [0.15, 0.2) is 24.3 Å². The van der Waals surface area contributed by atoms with Crippen molar-refractivity contribution in [1.82, 2.24) is 10.2 Å². The van der Waals surface area contributed by atoms with Crippen molar-refractivity contribution in [2.45, 2.75) is 42.5 Å². The maximum Gasteiger partial charge on any atom is 0.343 e. The molecule has 0 bridgehead atoms. The number of halogens is 5. The van der Waals surface area contributed by atoms with Crippen molar-refractivity contribution in [3.63, 3.8) is 0 Å². The second-order valence-electron chi connectivity index (χ2n) is 8.77. The number of esters is 1. The average Bonchev–Trinajstić information content (AvgIpc) is 3.10. The minimum atomic E-state index is -1.10. The quantitative estimate of drug-likeness (QED) is 0.146. The van der Waals surface area contributed by atoms with Crippen molar-refractivity contribution < 1.29 is 29.0 Å². The number of aliphatic carboxylic acids is 1. The van der Waals surface area contributed by atoms with Crippen LogP contribution >= 0.6 is 69.8 Å².